The fourth-order valence-corrected chi connectivity index (χ4v) is 2.22. The highest BCUT2D eigenvalue weighted by Gasteiger charge is 2.15. The third kappa shape index (κ3) is 2.88. The molecular formula is C14H22N4. The third-order valence-electron chi connectivity index (χ3n) is 3.22. The van der Waals surface area contributed by atoms with Crippen LogP contribution in [0.5, 0.6) is 0 Å². The highest BCUT2D eigenvalue weighted by Crippen LogP contribution is 2.23. The first-order valence-electron chi connectivity index (χ1n) is 6.87. The summed E-state index contributed by atoms with van der Waals surface area (Å²) >= 11 is 0. The van der Waals surface area contributed by atoms with Crippen molar-refractivity contribution in [1.82, 2.24) is 19.9 Å². The summed E-state index contributed by atoms with van der Waals surface area (Å²) in [6, 6.07) is 0.395. The first-order chi connectivity index (χ1) is 8.86. The lowest BCUT2D eigenvalue weighted by molar-refractivity contribution is 0.484. The standard InChI is InChI=1S/C14H22N4/c1-3-5-6-13(16-7-4-2)12-10-17-18-9-8-15-11-14(12)18/h8-11,13,16H,3-7H2,1-2H3. The fourth-order valence-electron chi connectivity index (χ4n) is 2.22. The Hall–Kier alpha value is -1.42. The van der Waals surface area contributed by atoms with Crippen molar-refractivity contribution >= 4 is 5.52 Å². The number of hydrogen-bond acceptors (Lipinski definition) is 3. The van der Waals surface area contributed by atoms with Crippen LogP contribution in [0.15, 0.2) is 24.8 Å². The first kappa shape index (κ1) is 13.0. The molecule has 0 aliphatic heterocycles. The van der Waals surface area contributed by atoms with Crippen LogP contribution in [0.4, 0.5) is 0 Å². The molecule has 0 aliphatic carbocycles. The second-order valence-corrected chi connectivity index (χ2v) is 4.65. The van der Waals surface area contributed by atoms with E-state index < -0.39 is 0 Å². The summed E-state index contributed by atoms with van der Waals surface area (Å²) in [6.07, 6.45) is 12.3. The first-order valence-corrected chi connectivity index (χ1v) is 6.87. The van der Waals surface area contributed by atoms with E-state index in [9.17, 15) is 0 Å². The molecule has 0 fully saturated rings. The Labute approximate surface area is 108 Å². The van der Waals surface area contributed by atoms with Gasteiger partial charge in [0.1, 0.15) is 0 Å². The quantitative estimate of drug-likeness (QED) is 0.816. The van der Waals surface area contributed by atoms with E-state index in [1.807, 2.05) is 23.1 Å². The van der Waals surface area contributed by atoms with Crippen LogP contribution in [-0.2, 0) is 0 Å². The zero-order chi connectivity index (χ0) is 12.8. The van der Waals surface area contributed by atoms with Gasteiger partial charge in [0, 0.05) is 24.0 Å². The number of hydrogen-bond donors (Lipinski definition) is 1. The molecule has 1 unspecified atom stereocenters. The molecule has 1 N–H and O–H groups in total. The fraction of sp³-hybridized carbons (Fsp3) is 0.571. The highest BCUT2D eigenvalue weighted by atomic mass is 15.2. The summed E-state index contributed by atoms with van der Waals surface area (Å²) in [4.78, 5) is 4.20. The van der Waals surface area contributed by atoms with Crippen LogP contribution in [0, 0.1) is 0 Å². The van der Waals surface area contributed by atoms with Gasteiger partial charge < -0.3 is 5.32 Å². The van der Waals surface area contributed by atoms with Gasteiger partial charge in [0.25, 0.3) is 0 Å². The van der Waals surface area contributed by atoms with Crippen LogP contribution in [0.1, 0.15) is 51.1 Å². The largest absolute Gasteiger partial charge is 0.310 e. The van der Waals surface area contributed by atoms with Crippen molar-refractivity contribution in [2.24, 2.45) is 0 Å². The normalized spacial score (nSPS) is 13.0. The molecular weight excluding hydrogens is 224 g/mol. The molecule has 0 amide bonds. The highest BCUT2D eigenvalue weighted by molar-refractivity contribution is 5.53. The Morgan fingerprint density at radius 3 is 2.94 bits per heavy atom. The molecule has 0 bridgehead atoms. The SMILES string of the molecule is CCCCC(NCCC)c1cnn2ccncc12. The van der Waals surface area contributed by atoms with Gasteiger partial charge in [-0.15, -0.1) is 0 Å². The van der Waals surface area contributed by atoms with Crippen LogP contribution < -0.4 is 5.32 Å². The van der Waals surface area contributed by atoms with Crippen LogP contribution in [0.3, 0.4) is 0 Å². The molecule has 0 aliphatic rings. The van der Waals surface area contributed by atoms with E-state index in [2.05, 4.69) is 29.2 Å². The Kier molecular flexibility index (Phi) is 4.70. The van der Waals surface area contributed by atoms with Crippen molar-refractivity contribution in [1.29, 1.82) is 0 Å². The van der Waals surface area contributed by atoms with Crippen LogP contribution in [-0.4, -0.2) is 21.1 Å². The van der Waals surface area contributed by atoms with Crippen LogP contribution in [0.2, 0.25) is 0 Å². The average Bonchev–Trinajstić information content (AvgIpc) is 2.83. The summed E-state index contributed by atoms with van der Waals surface area (Å²) in [5, 5.41) is 8.01. The molecule has 1 atom stereocenters. The van der Waals surface area contributed by atoms with Crippen molar-refractivity contribution in [3.8, 4) is 0 Å². The van der Waals surface area contributed by atoms with Gasteiger partial charge >= 0.3 is 0 Å². The van der Waals surface area contributed by atoms with Gasteiger partial charge in [0.15, 0.2) is 0 Å². The van der Waals surface area contributed by atoms with Crippen molar-refractivity contribution in [2.75, 3.05) is 6.54 Å². The summed E-state index contributed by atoms with van der Waals surface area (Å²) in [5.74, 6) is 0. The lowest BCUT2D eigenvalue weighted by Gasteiger charge is -2.17. The lowest BCUT2D eigenvalue weighted by Crippen LogP contribution is -2.22. The van der Waals surface area contributed by atoms with Gasteiger partial charge in [-0.25, -0.2) is 4.52 Å². The molecule has 2 aromatic rings. The zero-order valence-electron chi connectivity index (χ0n) is 11.3. The molecule has 2 aromatic heterocycles. The maximum absolute atomic E-state index is 4.39. The van der Waals surface area contributed by atoms with Crippen LogP contribution in [0.25, 0.3) is 5.52 Å². The summed E-state index contributed by atoms with van der Waals surface area (Å²) in [7, 11) is 0. The number of fused-ring (bicyclic) bond motifs is 1. The molecule has 98 valence electrons. The van der Waals surface area contributed by atoms with Gasteiger partial charge in [-0.05, 0) is 19.4 Å². The van der Waals surface area contributed by atoms with Gasteiger partial charge in [-0.2, -0.15) is 5.10 Å². The predicted molar refractivity (Wildman–Crippen MR) is 73.5 cm³/mol. The van der Waals surface area contributed by atoms with Crippen LogP contribution >= 0.6 is 0 Å². The number of aromatic nitrogens is 3. The van der Waals surface area contributed by atoms with E-state index in [1.54, 1.807) is 6.20 Å². The summed E-state index contributed by atoms with van der Waals surface area (Å²) < 4.78 is 1.90. The van der Waals surface area contributed by atoms with E-state index in [0.717, 1.165) is 24.9 Å². The van der Waals surface area contributed by atoms with E-state index in [0.29, 0.717) is 6.04 Å². The minimum Gasteiger partial charge on any atom is -0.310 e. The van der Waals surface area contributed by atoms with Gasteiger partial charge in [-0.3, -0.25) is 4.98 Å². The number of rotatable bonds is 7. The molecule has 18 heavy (non-hydrogen) atoms. The third-order valence-corrected chi connectivity index (χ3v) is 3.22. The average molecular weight is 246 g/mol. The van der Waals surface area contributed by atoms with Gasteiger partial charge in [0.2, 0.25) is 0 Å². The Bertz CT molecular complexity index is 469. The van der Waals surface area contributed by atoms with E-state index >= 15 is 0 Å². The van der Waals surface area contributed by atoms with Crippen molar-refractivity contribution in [3.63, 3.8) is 0 Å². The molecule has 0 saturated carbocycles. The van der Waals surface area contributed by atoms with Crippen molar-refractivity contribution in [2.45, 2.75) is 45.6 Å². The van der Waals surface area contributed by atoms with E-state index in [4.69, 9.17) is 0 Å². The number of nitrogens with one attached hydrogen (secondary N) is 1. The maximum Gasteiger partial charge on any atom is 0.0892 e. The number of unbranched alkanes of at least 4 members (excludes halogenated alkanes) is 1. The van der Waals surface area contributed by atoms with E-state index in [1.165, 1.54) is 18.4 Å². The Balaban J connectivity index is 2.22. The van der Waals surface area contributed by atoms with Crippen molar-refractivity contribution in [3.05, 3.63) is 30.4 Å². The topological polar surface area (TPSA) is 42.2 Å². The second kappa shape index (κ2) is 6.50. The van der Waals surface area contributed by atoms with E-state index in [-0.39, 0.29) is 0 Å². The Morgan fingerprint density at radius 1 is 1.28 bits per heavy atom. The molecule has 0 saturated heterocycles. The molecule has 0 radical (unpaired) electrons. The molecule has 2 rings (SSSR count). The minimum atomic E-state index is 0.395. The molecule has 2 heterocycles. The smallest absolute Gasteiger partial charge is 0.0892 e. The minimum absolute atomic E-state index is 0.395. The zero-order valence-corrected chi connectivity index (χ0v) is 11.3. The maximum atomic E-state index is 4.39. The second-order valence-electron chi connectivity index (χ2n) is 4.65. The van der Waals surface area contributed by atoms with Gasteiger partial charge in [-0.1, -0.05) is 26.7 Å². The summed E-state index contributed by atoms with van der Waals surface area (Å²) in [5.41, 5.74) is 2.38. The van der Waals surface area contributed by atoms with Crippen molar-refractivity contribution < 1.29 is 0 Å². The number of nitrogens with zero attached hydrogens (tertiary/aromatic N) is 3. The molecule has 4 heteroatoms. The molecule has 4 nitrogen and oxygen atoms in total. The monoisotopic (exact) mass is 246 g/mol. The molecule has 0 aromatic carbocycles. The van der Waals surface area contributed by atoms with Gasteiger partial charge in [0.05, 0.1) is 17.9 Å². The molecule has 0 spiro atoms. The Morgan fingerprint density at radius 2 is 2.17 bits per heavy atom. The lowest BCUT2D eigenvalue weighted by atomic mass is 10.0. The predicted octanol–water partition coefficient (Wildman–Crippen LogP) is 2.96. The summed E-state index contributed by atoms with van der Waals surface area (Å²) in [6.45, 7) is 5.47.